The number of benzene rings is 1. The van der Waals surface area contributed by atoms with Crippen LogP contribution in [0.2, 0.25) is 0 Å². The quantitative estimate of drug-likeness (QED) is 0.787. The largest absolute Gasteiger partial charge is 0.378 e. The molecule has 0 unspecified atom stereocenters. The van der Waals surface area contributed by atoms with E-state index in [-0.39, 0.29) is 0 Å². The molecule has 0 aliphatic carbocycles. The van der Waals surface area contributed by atoms with Crippen LogP contribution in [-0.2, 0) is 0 Å². The molecule has 0 saturated heterocycles. The Morgan fingerprint density at radius 2 is 2.00 bits per heavy atom. The zero-order chi connectivity index (χ0) is 14.5. The number of anilines is 1. The number of hydrogen-bond acceptors (Lipinski definition) is 3. The summed E-state index contributed by atoms with van der Waals surface area (Å²) in [6, 6.07) is 10.5. The summed E-state index contributed by atoms with van der Waals surface area (Å²) < 4.78 is 0. The molecular weight excluding hydrogens is 246 g/mol. The Labute approximate surface area is 120 Å². The maximum absolute atomic E-state index is 9.33. The van der Waals surface area contributed by atoms with E-state index in [0.717, 1.165) is 23.4 Å². The first-order valence-electron chi connectivity index (χ1n) is 6.58. The minimum atomic E-state index is 0.701. The molecule has 3 heteroatoms. The molecule has 1 aromatic rings. The van der Waals surface area contributed by atoms with Gasteiger partial charge in [-0.1, -0.05) is 18.2 Å². The van der Waals surface area contributed by atoms with Gasteiger partial charge in [0.2, 0.25) is 0 Å². The SMILES string of the molecule is CN1C=CC(C(C#N)=Cc2ccc(N(C)C)cc2)=CC1. The molecule has 1 aliphatic heterocycles. The number of nitriles is 1. The molecule has 0 amide bonds. The molecule has 0 fully saturated rings. The van der Waals surface area contributed by atoms with Gasteiger partial charge in [-0.05, 0) is 41.6 Å². The van der Waals surface area contributed by atoms with Crippen molar-refractivity contribution in [1.29, 1.82) is 5.26 Å². The van der Waals surface area contributed by atoms with Gasteiger partial charge >= 0.3 is 0 Å². The topological polar surface area (TPSA) is 30.3 Å². The molecule has 0 spiro atoms. The first-order valence-corrected chi connectivity index (χ1v) is 6.58. The van der Waals surface area contributed by atoms with Crippen molar-refractivity contribution in [1.82, 2.24) is 4.90 Å². The summed E-state index contributed by atoms with van der Waals surface area (Å²) >= 11 is 0. The van der Waals surface area contributed by atoms with Crippen molar-refractivity contribution >= 4 is 11.8 Å². The fraction of sp³-hybridized carbons (Fsp3) is 0.235. The van der Waals surface area contributed by atoms with Gasteiger partial charge in [-0.25, -0.2) is 0 Å². The zero-order valence-corrected chi connectivity index (χ0v) is 12.2. The summed E-state index contributed by atoms with van der Waals surface area (Å²) in [5.41, 5.74) is 3.88. The van der Waals surface area contributed by atoms with Crippen LogP contribution >= 0.6 is 0 Å². The standard InChI is InChI=1S/C17H19N3/c1-19(2)17-6-4-14(5-7-17)12-16(13-18)15-8-10-20(3)11-9-15/h4-10,12H,11H2,1-3H3. The van der Waals surface area contributed by atoms with E-state index in [1.165, 1.54) is 0 Å². The number of likely N-dealkylation sites (N-methyl/N-ethyl adjacent to an activating group) is 1. The van der Waals surface area contributed by atoms with Gasteiger partial charge in [-0.2, -0.15) is 5.26 Å². The van der Waals surface area contributed by atoms with Gasteiger partial charge in [-0.3, -0.25) is 0 Å². The van der Waals surface area contributed by atoms with Crippen molar-refractivity contribution < 1.29 is 0 Å². The Bertz CT molecular complexity index is 598. The van der Waals surface area contributed by atoms with E-state index in [0.29, 0.717) is 5.57 Å². The van der Waals surface area contributed by atoms with Crippen LogP contribution in [0.3, 0.4) is 0 Å². The van der Waals surface area contributed by atoms with E-state index in [4.69, 9.17) is 0 Å². The van der Waals surface area contributed by atoms with Crippen LogP contribution < -0.4 is 4.90 Å². The Kier molecular flexibility index (Phi) is 4.27. The van der Waals surface area contributed by atoms with Gasteiger partial charge in [0, 0.05) is 33.4 Å². The molecule has 2 rings (SSSR count). The van der Waals surface area contributed by atoms with Gasteiger partial charge < -0.3 is 9.80 Å². The fourth-order valence-electron chi connectivity index (χ4n) is 1.99. The van der Waals surface area contributed by atoms with E-state index < -0.39 is 0 Å². The zero-order valence-electron chi connectivity index (χ0n) is 12.2. The van der Waals surface area contributed by atoms with Gasteiger partial charge in [0.25, 0.3) is 0 Å². The summed E-state index contributed by atoms with van der Waals surface area (Å²) in [7, 11) is 6.04. The van der Waals surface area contributed by atoms with E-state index in [2.05, 4.69) is 34.1 Å². The molecule has 0 bridgehead atoms. The van der Waals surface area contributed by atoms with Crippen molar-refractivity contribution in [3.05, 3.63) is 59.3 Å². The van der Waals surface area contributed by atoms with E-state index in [1.807, 2.05) is 51.6 Å². The smallest absolute Gasteiger partial charge is 0.0998 e. The average Bonchev–Trinajstić information content (AvgIpc) is 2.46. The molecule has 1 heterocycles. The predicted octanol–water partition coefficient (Wildman–Crippen LogP) is 3.05. The van der Waals surface area contributed by atoms with Gasteiger partial charge in [-0.15, -0.1) is 0 Å². The molecule has 3 nitrogen and oxygen atoms in total. The monoisotopic (exact) mass is 265 g/mol. The number of nitrogens with zero attached hydrogens (tertiary/aromatic N) is 3. The Morgan fingerprint density at radius 1 is 1.30 bits per heavy atom. The van der Waals surface area contributed by atoms with E-state index in [1.54, 1.807) is 0 Å². The third kappa shape index (κ3) is 3.30. The normalized spacial score (nSPS) is 14.8. The van der Waals surface area contributed by atoms with E-state index >= 15 is 0 Å². The second-order valence-corrected chi connectivity index (χ2v) is 5.07. The molecule has 0 saturated carbocycles. The molecule has 1 aromatic carbocycles. The van der Waals surface area contributed by atoms with Gasteiger partial charge in [0.15, 0.2) is 0 Å². The highest BCUT2D eigenvalue weighted by atomic mass is 15.1. The number of allylic oxidation sites excluding steroid dienone is 3. The predicted molar refractivity (Wildman–Crippen MR) is 84.2 cm³/mol. The lowest BCUT2D eigenvalue weighted by Gasteiger charge is -2.16. The summed E-state index contributed by atoms with van der Waals surface area (Å²) in [6.07, 6.45) is 7.98. The van der Waals surface area contributed by atoms with Gasteiger partial charge in [0.1, 0.15) is 0 Å². The number of hydrogen-bond donors (Lipinski definition) is 0. The molecule has 1 aliphatic rings. The van der Waals surface area contributed by atoms with Crippen molar-refractivity contribution in [3.63, 3.8) is 0 Å². The summed E-state index contributed by atoms with van der Waals surface area (Å²) in [5.74, 6) is 0. The van der Waals surface area contributed by atoms with Crippen molar-refractivity contribution in [2.24, 2.45) is 0 Å². The minimum absolute atomic E-state index is 0.701. The lowest BCUT2D eigenvalue weighted by molar-refractivity contribution is 0.503. The van der Waals surface area contributed by atoms with E-state index in [9.17, 15) is 5.26 Å². The lowest BCUT2D eigenvalue weighted by Crippen LogP contribution is -2.13. The van der Waals surface area contributed by atoms with Crippen LogP contribution in [-0.4, -0.2) is 32.6 Å². The second kappa shape index (κ2) is 6.12. The Balaban J connectivity index is 2.24. The van der Waals surface area contributed by atoms with Crippen LogP contribution in [0.1, 0.15) is 5.56 Å². The highest BCUT2D eigenvalue weighted by molar-refractivity contribution is 5.67. The van der Waals surface area contributed by atoms with Gasteiger partial charge in [0.05, 0.1) is 11.6 Å². The molecule has 0 N–H and O–H groups in total. The Morgan fingerprint density at radius 3 is 2.50 bits per heavy atom. The lowest BCUT2D eigenvalue weighted by atomic mass is 10.0. The average molecular weight is 265 g/mol. The highest BCUT2D eigenvalue weighted by Crippen LogP contribution is 2.20. The first kappa shape index (κ1) is 14.0. The molecule has 20 heavy (non-hydrogen) atoms. The highest BCUT2D eigenvalue weighted by Gasteiger charge is 2.06. The maximum atomic E-state index is 9.33. The van der Waals surface area contributed by atoms with Crippen LogP contribution in [0, 0.1) is 11.3 Å². The second-order valence-electron chi connectivity index (χ2n) is 5.07. The van der Waals surface area contributed by atoms with Crippen molar-refractivity contribution in [3.8, 4) is 6.07 Å². The first-order chi connectivity index (χ1) is 9.60. The third-order valence-corrected chi connectivity index (χ3v) is 3.26. The van der Waals surface area contributed by atoms with Crippen LogP contribution in [0.5, 0.6) is 0 Å². The summed E-state index contributed by atoms with van der Waals surface area (Å²) in [4.78, 5) is 4.13. The van der Waals surface area contributed by atoms with Crippen molar-refractivity contribution in [2.45, 2.75) is 0 Å². The van der Waals surface area contributed by atoms with Crippen LogP contribution in [0.4, 0.5) is 5.69 Å². The molecule has 0 atom stereocenters. The Hall–Kier alpha value is -2.47. The third-order valence-electron chi connectivity index (χ3n) is 3.26. The number of rotatable bonds is 3. The fourth-order valence-corrected chi connectivity index (χ4v) is 1.99. The van der Waals surface area contributed by atoms with Crippen LogP contribution in [0.15, 0.2) is 53.8 Å². The molecule has 0 radical (unpaired) electrons. The van der Waals surface area contributed by atoms with Crippen LogP contribution in [0.25, 0.3) is 6.08 Å². The summed E-state index contributed by atoms with van der Waals surface area (Å²) in [5, 5.41) is 9.33. The van der Waals surface area contributed by atoms with Crippen molar-refractivity contribution in [2.75, 3.05) is 32.6 Å². The minimum Gasteiger partial charge on any atom is -0.378 e. The maximum Gasteiger partial charge on any atom is 0.0998 e. The molecular formula is C17H19N3. The molecule has 0 aromatic heterocycles. The summed E-state index contributed by atoms with van der Waals surface area (Å²) in [6.45, 7) is 0.838. The molecule has 102 valence electrons.